The van der Waals surface area contributed by atoms with Gasteiger partial charge in [0.2, 0.25) is 0 Å². The second-order valence-corrected chi connectivity index (χ2v) is 3.83. The van der Waals surface area contributed by atoms with E-state index in [1.54, 1.807) is 0 Å². The Morgan fingerprint density at radius 2 is 1.55 bits per heavy atom. The van der Waals surface area contributed by atoms with Crippen LogP contribution in [-0.2, 0) is 0 Å². The highest BCUT2D eigenvalue weighted by Gasteiger charge is 2.16. The minimum atomic E-state index is -1.19. The highest BCUT2D eigenvalue weighted by molar-refractivity contribution is 5.92. The van der Waals surface area contributed by atoms with E-state index in [9.17, 15) is 23.8 Å². The lowest BCUT2D eigenvalue weighted by Crippen LogP contribution is -2.08. The minimum absolute atomic E-state index is 0.249. The molecule has 7 heteroatoms. The number of rotatable bonds is 2. The summed E-state index contributed by atoms with van der Waals surface area (Å²) < 4.78 is 30.4. The van der Waals surface area contributed by atoms with Gasteiger partial charge in [0.05, 0.1) is 5.56 Å². The number of esters is 1. The van der Waals surface area contributed by atoms with Crippen molar-refractivity contribution in [1.82, 2.24) is 0 Å². The SMILES string of the molecule is O=C(Oc1ccc(F)c(F)c1)c1cc(O)c(O)c(O)c1. The molecule has 2 rings (SSSR count). The first-order valence-corrected chi connectivity index (χ1v) is 5.30. The lowest BCUT2D eigenvalue weighted by atomic mass is 10.2. The molecular weight excluding hydrogens is 274 g/mol. The molecule has 0 radical (unpaired) electrons. The average molecular weight is 282 g/mol. The minimum Gasteiger partial charge on any atom is -0.504 e. The third kappa shape index (κ3) is 2.61. The third-order valence-corrected chi connectivity index (χ3v) is 2.41. The molecule has 2 aromatic rings. The van der Waals surface area contributed by atoms with Gasteiger partial charge >= 0.3 is 5.97 Å². The molecule has 0 aliphatic carbocycles. The van der Waals surface area contributed by atoms with Gasteiger partial charge in [-0.15, -0.1) is 0 Å². The summed E-state index contributed by atoms with van der Waals surface area (Å²) in [7, 11) is 0. The fraction of sp³-hybridized carbons (Fsp3) is 0. The van der Waals surface area contributed by atoms with Crippen LogP contribution in [0.1, 0.15) is 10.4 Å². The topological polar surface area (TPSA) is 87.0 Å². The first kappa shape index (κ1) is 13.6. The normalized spacial score (nSPS) is 10.3. The van der Waals surface area contributed by atoms with Crippen molar-refractivity contribution in [3.63, 3.8) is 0 Å². The first-order chi connectivity index (χ1) is 9.38. The van der Waals surface area contributed by atoms with Crippen LogP contribution in [0.4, 0.5) is 8.78 Å². The van der Waals surface area contributed by atoms with Crippen molar-refractivity contribution in [2.24, 2.45) is 0 Å². The van der Waals surface area contributed by atoms with E-state index in [1.165, 1.54) is 0 Å². The summed E-state index contributed by atoms with van der Waals surface area (Å²) in [6.45, 7) is 0. The summed E-state index contributed by atoms with van der Waals surface area (Å²) >= 11 is 0. The summed E-state index contributed by atoms with van der Waals surface area (Å²) in [5.74, 6) is -5.78. The molecule has 0 aliphatic heterocycles. The molecule has 0 aromatic heterocycles. The molecule has 104 valence electrons. The molecule has 0 bridgehead atoms. The van der Waals surface area contributed by atoms with Crippen molar-refractivity contribution >= 4 is 5.97 Å². The summed E-state index contributed by atoms with van der Waals surface area (Å²) in [5.41, 5.74) is -0.275. The van der Waals surface area contributed by atoms with Crippen LogP contribution in [0.25, 0.3) is 0 Å². The smallest absolute Gasteiger partial charge is 0.343 e. The second kappa shape index (κ2) is 5.04. The number of aromatic hydroxyl groups is 3. The van der Waals surface area contributed by atoms with Gasteiger partial charge in [-0.25, -0.2) is 13.6 Å². The van der Waals surface area contributed by atoms with E-state index in [1.807, 2.05) is 0 Å². The van der Waals surface area contributed by atoms with Gasteiger partial charge in [0, 0.05) is 6.07 Å². The van der Waals surface area contributed by atoms with Crippen LogP contribution in [0, 0.1) is 11.6 Å². The van der Waals surface area contributed by atoms with Crippen LogP contribution in [0.2, 0.25) is 0 Å². The molecule has 2 aromatic carbocycles. The Hall–Kier alpha value is -2.83. The van der Waals surface area contributed by atoms with E-state index in [2.05, 4.69) is 0 Å². The number of hydrogen-bond acceptors (Lipinski definition) is 5. The molecule has 0 amide bonds. The van der Waals surface area contributed by atoms with E-state index in [4.69, 9.17) is 9.84 Å². The maximum atomic E-state index is 12.9. The van der Waals surface area contributed by atoms with Gasteiger partial charge in [0.15, 0.2) is 28.9 Å². The van der Waals surface area contributed by atoms with Crippen LogP contribution >= 0.6 is 0 Å². The molecule has 0 heterocycles. The zero-order valence-corrected chi connectivity index (χ0v) is 9.80. The Bertz CT molecular complexity index is 661. The summed E-state index contributed by atoms with van der Waals surface area (Å²) in [6, 6.07) is 4.21. The zero-order valence-electron chi connectivity index (χ0n) is 9.80. The highest BCUT2D eigenvalue weighted by atomic mass is 19.2. The number of hydrogen-bond donors (Lipinski definition) is 3. The predicted octanol–water partition coefficient (Wildman–Crippen LogP) is 2.30. The molecule has 0 spiro atoms. The Kier molecular flexibility index (Phi) is 3.43. The number of carbonyl (C=O) groups is 1. The van der Waals surface area contributed by atoms with Gasteiger partial charge in [-0.05, 0) is 24.3 Å². The van der Waals surface area contributed by atoms with Crippen LogP contribution in [-0.4, -0.2) is 21.3 Å². The van der Waals surface area contributed by atoms with Gasteiger partial charge in [-0.3, -0.25) is 0 Å². The number of carbonyl (C=O) groups excluding carboxylic acids is 1. The molecule has 20 heavy (non-hydrogen) atoms. The van der Waals surface area contributed by atoms with E-state index in [-0.39, 0.29) is 11.3 Å². The first-order valence-electron chi connectivity index (χ1n) is 5.30. The van der Waals surface area contributed by atoms with Gasteiger partial charge in [-0.2, -0.15) is 0 Å². The van der Waals surface area contributed by atoms with Crippen LogP contribution in [0.3, 0.4) is 0 Å². The van der Waals surface area contributed by atoms with Crippen molar-refractivity contribution < 1.29 is 33.6 Å². The lowest BCUT2D eigenvalue weighted by molar-refractivity contribution is 0.0733. The fourth-order valence-electron chi connectivity index (χ4n) is 1.43. The molecule has 0 atom stereocenters. The summed E-state index contributed by atoms with van der Waals surface area (Å²) in [4.78, 5) is 11.7. The molecule has 5 nitrogen and oxygen atoms in total. The summed E-state index contributed by atoms with van der Waals surface area (Å²) in [5, 5.41) is 27.6. The van der Waals surface area contributed by atoms with Crippen LogP contribution in [0.15, 0.2) is 30.3 Å². The van der Waals surface area contributed by atoms with Crippen molar-refractivity contribution in [3.8, 4) is 23.0 Å². The number of halogens is 2. The van der Waals surface area contributed by atoms with E-state index >= 15 is 0 Å². The molecule has 0 unspecified atom stereocenters. The van der Waals surface area contributed by atoms with Crippen molar-refractivity contribution in [1.29, 1.82) is 0 Å². The molecule has 3 N–H and O–H groups in total. The maximum absolute atomic E-state index is 12.9. The standard InChI is InChI=1S/C13H8F2O5/c14-8-2-1-7(5-9(8)15)20-13(19)6-3-10(16)12(18)11(17)4-6/h1-5,16-18H. The van der Waals surface area contributed by atoms with E-state index in [0.717, 1.165) is 24.3 Å². The monoisotopic (exact) mass is 282 g/mol. The number of phenolic OH excluding ortho intramolecular Hbond substituents is 3. The van der Waals surface area contributed by atoms with E-state index in [0.29, 0.717) is 6.07 Å². The quantitative estimate of drug-likeness (QED) is 0.447. The number of phenols is 3. The van der Waals surface area contributed by atoms with E-state index < -0.39 is 34.9 Å². The molecule has 0 saturated carbocycles. The van der Waals surface area contributed by atoms with Gasteiger partial charge in [0.25, 0.3) is 0 Å². The Labute approximate surface area is 111 Å². The van der Waals surface area contributed by atoms with Crippen molar-refractivity contribution in [2.45, 2.75) is 0 Å². The third-order valence-electron chi connectivity index (χ3n) is 2.41. The maximum Gasteiger partial charge on any atom is 0.343 e. The second-order valence-electron chi connectivity index (χ2n) is 3.83. The van der Waals surface area contributed by atoms with Crippen LogP contribution < -0.4 is 4.74 Å². The van der Waals surface area contributed by atoms with Gasteiger partial charge in [0.1, 0.15) is 5.75 Å². The van der Waals surface area contributed by atoms with Crippen molar-refractivity contribution in [2.75, 3.05) is 0 Å². The Balaban J connectivity index is 2.26. The molecule has 0 saturated heterocycles. The predicted molar refractivity (Wildman–Crippen MR) is 62.8 cm³/mol. The summed E-state index contributed by atoms with van der Waals surface area (Å²) in [6.07, 6.45) is 0. The average Bonchev–Trinajstić information content (AvgIpc) is 2.39. The van der Waals surface area contributed by atoms with Gasteiger partial charge < -0.3 is 20.1 Å². The van der Waals surface area contributed by atoms with Crippen molar-refractivity contribution in [3.05, 3.63) is 47.5 Å². The zero-order chi connectivity index (χ0) is 14.9. The van der Waals surface area contributed by atoms with Gasteiger partial charge in [-0.1, -0.05) is 0 Å². The Morgan fingerprint density at radius 1 is 0.950 bits per heavy atom. The Morgan fingerprint density at radius 3 is 2.10 bits per heavy atom. The fourth-order valence-corrected chi connectivity index (χ4v) is 1.43. The largest absolute Gasteiger partial charge is 0.504 e. The lowest BCUT2D eigenvalue weighted by Gasteiger charge is -2.07. The molecule has 0 aliphatic rings. The van der Waals surface area contributed by atoms with Crippen LogP contribution in [0.5, 0.6) is 23.0 Å². The number of ether oxygens (including phenoxy) is 1. The number of benzene rings is 2. The molecular formula is C13H8F2O5. The molecule has 0 fully saturated rings. The highest BCUT2D eigenvalue weighted by Crippen LogP contribution is 2.35.